The number of aliphatic hydroxyl groups is 1. The van der Waals surface area contributed by atoms with E-state index in [-0.39, 0.29) is 6.61 Å². The van der Waals surface area contributed by atoms with Crippen LogP contribution >= 0.6 is 0 Å². The third-order valence-electron chi connectivity index (χ3n) is 3.20. The minimum atomic E-state index is 0.0694. The van der Waals surface area contributed by atoms with E-state index >= 15 is 0 Å². The van der Waals surface area contributed by atoms with Crippen LogP contribution in [0.25, 0.3) is 0 Å². The molecule has 0 aliphatic rings. The summed E-state index contributed by atoms with van der Waals surface area (Å²) in [7, 11) is 0. The van der Waals surface area contributed by atoms with Crippen LogP contribution in [0.1, 0.15) is 58.8 Å². The zero-order chi connectivity index (χ0) is 14.9. The van der Waals surface area contributed by atoms with Crippen molar-refractivity contribution in [3.05, 3.63) is 0 Å². The number of aliphatic hydroxyl groups excluding tert-OH is 1. The monoisotopic (exact) mass is 290 g/mol. The summed E-state index contributed by atoms with van der Waals surface area (Å²) in [6.07, 6.45) is 9.03. The molecule has 0 aliphatic heterocycles. The van der Waals surface area contributed by atoms with Gasteiger partial charge in [0.05, 0.1) is 45.7 Å². The molecule has 20 heavy (non-hydrogen) atoms. The fraction of sp³-hybridized carbons (Fsp3) is 1.00. The highest BCUT2D eigenvalue weighted by Crippen LogP contribution is 2.13. The highest BCUT2D eigenvalue weighted by Gasteiger charge is 2.08. The molecule has 0 aliphatic carbocycles. The molecule has 0 saturated heterocycles. The first-order valence-electron chi connectivity index (χ1n) is 8.23. The number of unbranched alkanes of at least 4 members (excludes halogenated alkanes) is 3. The Bertz CT molecular complexity index is 176. The first-order valence-corrected chi connectivity index (χ1v) is 8.23. The molecule has 0 aromatic heterocycles. The quantitative estimate of drug-likeness (QED) is 0.444. The van der Waals surface area contributed by atoms with Gasteiger partial charge >= 0.3 is 0 Å². The highest BCUT2D eigenvalue weighted by atomic mass is 16.5. The van der Waals surface area contributed by atoms with Crippen LogP contribution < -0.4 is 0 Å². The molecule has 0 bridgehead atoms. The summed E-state index contributed by atoms with van der Waals surface area (Å²) < 4.78 is 16.5. The van der Waals surface area contributed by atoms with Crippen molar-refractivity contribution in [1.82, 2.24) is 0 Å². The molecule has 0 radical (unpaired) electrons. The molecular weight excluding hydrogens is 256 g/mol. The Balaban J connectivity index is 3.46. The van der Waals surface area contributed by atoms with Gasteiger partial charge < -0.3 is 19.3 Å². The molecule has 0 aromatic rings. The third kappa shape index (κ3) is 14.3. The average Bonchev–Trinajstić information content (AvgIpc) is 2.47. The van der Waals surface area contributed by atoms with Crippen LogP contribution in [-0.2, 0) is 14.2 Å². The van der Waals surface area contributed by atoms with E-state index in [9.17, 15) is 0 Å². The number of hydrogen-bond donors (Lipinski definition) is 1. The molecule has 122 valence electrons. The van der Waals surface area contributed by atoms with Gasteiger partial charge in [-0.05, 0) is 12.8 Å². The van der Waals surface area contributed by atoms with E-state index in [1.807, 2.05) is 0 Å². The van der Waals surface area contributed by atoms with E-state index < -0.39 is 0 Å². The molecule has 4 heteroatoms. The lowest BCUT2D eigenvalue weighted by atomic mass is 10.1. The van der Waals surface area contributed by atoms with Gasteiger partial charge in [0.15, 0.2) is 0 Å². The Morgan fingerprint density at radius 3 is 2.00 bits per heavy atom. The molecule has 0 spiro atoms. The Morgan fingerprint density at radius 2 is 1.35 bits per heavy atom. The zero-order valence-corrected chi connectivity index (χ0v) is 13.4. The van der Waals surface area contributed by atoms with Gasteiger partial charge in [-0.3, -0.25) is 0 Å². The van der Waals surface area contributed by atoms with E-state index in [4.69, 9.17) is 19.3 Å². The summed E-state index contributed by atoms with van der Waals surface area (Å²) in [4.78, 5) is 0. The van der Waals surface area contributed by atoms with Gasteiger partial charge in [-0.2, -0.15) is 0 Å². The molecule has 0 rings (SSSR count). The van der Waals surface area contributed by atoms with Gasteiger partial charge in [0, 0.05) is 0 Å². The average molecular weight is 290 g/mol. The maximum atomic E-state index is 8.54. The topological polar surface area (TPSA) is 47.9 Å². The van der Waals surface area contributed by atoms with Crippen molar-refractivity contribution in [2.24, 2.45) is 0 Å². The summed E-state index contributed by atoms with van der Waals surface area (Å²) in [5, 5.41) is 8.54. The maximum absolute atomic E-state index is 8.54. The summed E-state index contributed by atoms with van der Waals surface area (Å²) in [5.41, 5.74) is 0. The minimum absolute atomic E-state index is 0.0694. The fourth-order valence-corrected chi connectivity index (χ4v) is 2.03. The van der Waals surface area contributed by atoms with Crippen molar-refractivity contribution in [3.8, 4) is 0 Å². The Labute approximate surface area is 124 Å². The van der Waals surface area contributed by atoms with Crippen molar-refractivity contribution in [3.63, 3.8) is 0 Å². The predicted molar refractivity (Wildman–Crippen MR) is 82.1 cm³/mol. The number of hydrogen-bond acceptors (Lipinski definition) is 4. The van der Waals surface area contributed by atoms with Gasteiger partial charge in [-0.25, -0.2) is 0 Å². The Morgan fingerprint density at radius 1 is 0.750 bits per heavy atom. The standard InChI is InChI=1S/C16H34O4/c1-3-5-7-9-16(8-6-4-2)20-15-14-19-13-12-18-11-10-17/h16-17H,3-15H2,1-2H3. The Hall–Kier alpha value is -0.160. The lowest BCUT2D eigenvalue weighted by molar-refractivity contribution is -0.0198. The van der Waals surface area contributed by atoms with E-state index in [1.54, 1.807) is 0 Å². The van der Waals surface area contributed by atoms with Gasteiger partial charge in [0.25, 0.3) is 0 Å². The molecule has 0 saturated carbocycles. The second-order valence-corrected chi connectivity index (χ2v) is 5.08. The van der Waals surface area contributed by atoms with Crippen LogP contribution in [0.3, 0.4) is 0 Å². The SMILES string of the molecule is CCCCCC(CCCC)OCCOCCOCCO. The predicted octanol–water partition coefficient (Wildman–Crippen LogP) is 3.17. The van der Waals surface area contributed by atoms with Crippen LogP contribution in [0.5, 0.6) is 0 Å². The molecule has 1 unspecified atom stereocenters. The summed E-state index contributed by atoms with van der Waals surface area (Å²) in [6, 6.07) is 0. The van der Waals surface area contributed by atoms with Crippen LogP contribution in [0.15, 0.2) is 0 Å². The van der Waals surface area contributed by atoms with Gasteiger partial charge in [-0.15, -0.1) is 0 Å². The largest absolute Gasteiger partial charge is 0.394 e. The fourth-order valence-electron chi connectivity index (χ4n) is 2.03. The second-order valence-electron chi connectivity index (χ2n) is 5.08. The number of rotatable bonds is 16. The molecule has 0 amide bonds. The van der Waals surface area contributed by atoms with Gasteiger partial charge in [0.2, 0.25) is 0 Å². The summed E-state index contributed by atoms with van der Waals surface area (Å²) in [6.45, 7) is 7.30. The summed E-state index contributed by atoms with van der Waals surface area (Å²) >= 11 is 0. The van der Waals surface area contributed by atoms with E-state index in [0.717, 1.165) is 0 Å². The molecule has 0 fully saturated rings. The first-order chi connectivity index (χ1) is 9.85. The number of ether oxygens (including phenoxy) is 3. The lowest BCUT2D eigenvalue weighted by Gasteiger charge is -2.17. The van der Waals surface area contributed by atoms with Crippen molar-refractivity contribution in [2.45, 2.75) is 64.9 Å². The zero-order valence-electron chi connectivity index (χ0n) is 13.4. The molecule has 1 atom stereocenters. The van der Waals surface area contributed by atoms with Crippen LogP contribution in [0, 0.1) is 0 Å². The van der Waals surface area contributed by atoms with Crippen molar-refractivity contribution in [1.29, 1.82) is 0 Å². The van der Waals surface area contributed by atoms with Crippen LogP contribution in [0.2, 0.25) is 0 Å². The summed E-state index contributed by atoms with van der Waals surface area (Å²) in [5.74, 6) is 0. The third-order valence-corrected chi connectivity index (χ3v) is 3.20. The molecule has 1 N–H and O–H groups in total. The van der Waals surface area contributed by atoms with Crippen molar-refractivity contribution >= 4 is 0 Å². The first kappa shape index (κ1) is 19.8. The van der Waals surface area contributed by atoms with Gasteiger partial charge in [-0.1, -0.05) is 46.0 Å². The van der Waals surface area contributed by atoms with Crippen molar-refractivity contribution < 1.29 is 19.3 Å². The molecule has 0 aromatic carbocycles. The van der Waals surface area contributed by atoms with E-state index in [2.05, 4.69) is 13.8 Å². The van der Waals surface area contributed by atoms with Crippen molar-refractivity contribution in [2.75, 3.05) is 39.6 Å². The van der Waals surface area contributed by atoms with E-state index in [1.165, 1.54) is 44.9 Å². The molecular formula is C16H34O4. The lowest BCUT2D eigenvalue weighted by Crippen LogP contribution is -2.17. The normalized spacial score (nSPS) is 12.8. The maximum Gasteiger partial charge on any atom is 0.0704 e. The Kier molecular flexibility index (Phi) is 16.8. The van der Waals surface area contributed by atoms with Crippen LogP contribution in [-0.4, -0.2) is 50.9 Å². The highest BCUT2D eigenvalue weighted by molar-refractivity contribution is 4.59. The van der Waals surface area contributed by atoms with Crippen LogP contribution in [0.4, 0.5) is 0 Å². The molecule has 0 heterocycles. The second kappa shape index (κ2) is 16.9. The molecule has 4 nitrogen and oxygen atoms in total. The van der Waals surface area contributed by atoms with Gasteiger partial charge in [0.1, 0.15) is 0 Å². The smallest absolute Gasteiger partial charge is 0.0704 e. The minimum Gasteiger partial charge on any atom is -0.394 e. The van der Waals surface area contributed by atoms with E-state index in [0.29, 0.717) is 39.1 Å².